The predicted molar refractivity (Wildman–Crippen MR) is 83.6 cm³/mol. The molecule has 0 saturated carbocycles. The lowest BCUT2D eigenvalue weighted by Crippen LogP contribution is -2.52. The molecule has 22 heavy (non-hydrogen) atoms. The fourth-order valence-electron chi connectivity index (χ4n) is 3.18. The van der Waals surface area contributed by atoms with E-state index in [1.54, 1.807) is 0 Å². The number of benzene rings is 2. The molecular formula is C19H18O3. The second kappa shape index (κ2) is 4.51. The number of fused-ring (bicyclic) bond motifs is 4. The van der Waals surface area contributed by atoms with Crippen LogP contribution in [0.2, 0.25) is 0 Å². The van der Waals surface area contributed by atoms with Crippen molar-refractivity contribution in [3.8, 4) is 11.1 Å². The average Bonchev–Trinajstić information content (AvgIpc) is 2.54. The van der Waals surface area contributed by atoms with Crippen LogP contribution in [0, 0.1) is 5.41 Å². The number of ketones is 1. The van der Waals surface area contributed by atoms with Gasteiger partial charge >= 0.3 is 0 Å². The Hall–Kier alpha value is -1.97. The second-order valence-corrected chi connectivity index (χ2v) is 6.78. The lowest BCUT2D eigenvalue weighted by Gasteiger charge is -2.45. The van der Waals surface area contributed by atoms with Crippen molar-refractivity contribution >= 4 is 5.78 Å². The van der Waals surface area contributed by atoms with E-state index in [4.69, 9.17) is 9.47 Å². The highest BCUT2D eigenvalue weighted by molar-refractivity contribution is 6.11. The van der Waals surface area contributed by atoms with E-state index in [9.17, 15) is 4.79 Å². The van der Waals surface area contributed by atoms with Crippen molar-refractivity contribution in [2.24, 2.45) is 5.41 Å². The molecular weight excluding hydrogens is 276 g/mol. The van der Waals surface area contributed by atoms with Crippen molar-refractivity contribution in [2.75, 3.05) is 13.2 Å². The molecule has 1 heterocycles. The molecule has 1 aliphatic carbocycles. The van der Waals surface area contributed by atoms with Crippen molar-refractivity contribution in [1.82, 2.24) is 0 Å². The van der Waals surface area contributed by atoms with Gasteiger partial charge in [-0.25, -0.2) is 0 Å². The van der Waals surface area contributed by atoms with Gasteiger partial charge in [0, 0.05) is 16.5 Å². The van der Waals surface area contributed by atoms with Crippen molar-refractivity contribution in [3.05, 3.63) is 59.7 Å². The highest BCUT2D eigenvalue weighted by Gasteiger charge is 2.52. The van der Waals surface area contributed by atoms with E-state index in [1.807, 2.05) is 48.5 Å². The lowest BCUT2D eigenvalue weighted by atomic mass is 9.79. The first-order valence-corrected chi connectivity index (χ1v) is 7.55. The maximum atomic E-state index is 13.1. The minimum absolute atomic E-state index is 0.0859. The van der Waals surface area contributed by atoms with E-state index in [2.05, 4.69) is 13.8 Å². The summed E-state index contributed by atoms with van der Waals surface area (Å²) in [7, 11) is 0. The third-order valence-corrected chi connectivity index (χ3v) is 4.37. The smallest absolute Gasteiger partial charge is 0.261 e. The summed E-state index contributed by atoms with van der Waals surface area (Å²) >= 11 is 0. The number of rotatable bonds is 0. The second-order valence-electron chi connectivity index (χ2n) is 6.78. The molecule has 0 N–H and O–H groups in total. The van der Waals surface area contributed by atoms with Gasteiger partial charge in [0.25, 0.3) is 5.79 Å². The largest absolute Gasteiger partial charge is 0.339 e. The zero-order valence-electron chi connectivity index (χ0n) is 12.8. The molecule has 3 heteroatoms. The third-order valence-electron chi connectivity index (χ3n) is 4.37. The zero-order valence-corrected chi connectivity index (χ0v) is 12.8. The Morgan fingerprint density at radius 1 is 0.818 bits per heavy atom. The molecule has 0 unspecified atom stereocenters. The van der Waals surface area contributed by atoms with E-state index in [-0.39, 0.29) is 11.2 Å². The topological polar surface area (TPSA) is 35.5 Å². The number of carbonyl (C=O) groups is 1. The Balaban J connectivity index is 1.93. The maximum Gasteiger partial charge on any atom is 0.261 e. The van der Waals surface area contributed by atoms with Crippen LogP contribution in [-0.2, 0) is 15.3 Å². The van der Waals surface area contributed by atoms with Crippen LogP contribution in [0.4, 0.5) is 0 Å². The van der Waals surface area contributed by atoms with Crippen LogP contribution in [0.25, 0.3) is 11.1 Å². The summed E-state index contributed by atoms with van der Waals surface area (Å²) in [6, 6.07) is 15.5. The normalized spacial score (nSPS) is 21.3. The molecule has 0 radical (unpaired) electrons. The van der Waals surface area contributed by atoms with Gasteiger partial charge in [0.2, 0.25) is 5.78 Å². The minimum atomic E-state index is -1.29. The first-order valence-electron chi connectivity index (χ1n) is 7.55. The monoisotopic (exact) mass is 294 g/mol. The molecule has 2 aromatic carbocycles. The summed E-state index contributed by atoms with van der Waals surface area (Å²) in [5.74, 6) is -1.39. The van der Waals surface area contributed by atoms with Crippen LogP contribution >= 0.6 is 0 Å². The molecule has 1 saturated heterocycles. The first kappa shape index (κ1) is 13.7. The van der Waals surface area contributed by atoms with E-state index in [0.717, 1.165) is 16.7 Å². The molecule has 4 rings (SSSR count). The molecule has 3 nitrogen and oxygen atoms in total. The van der Waals surface area contributed by atoms with Crippen molar-refractivity contribution in [2.45, 2.75) is 19.6 Å². The Labute approximate surface area is 129 Å². The molecule has 0 atom stereocenters. The van der Waals surface area contributed by atoms with Gasteiger partial charge in [0.1, 0.15) is 0 Å². The summed E-state index contributed by atoms with van der Waals surface area (Å²) in [5, 5.41) is 0. The summed E-state index contributed by atoms with van der Waals surface area (Å²) in [6.45, 7) is 5.14. The zero-order chi connectivity index (χ0) is 15.4. The Bertz CT molecular complexity index is 751. The van der Waals surface area contributed by atoms with Crippen molar-refractivity contribution < 1.29 is 14.3 Å². The molecule has 0 aromatic heterocycles. The Morgan fingerprint density at radius 3 is 2.05 bits per heavy atom. The first-order chi connectivity index (χ1) is 10.5. The fraction of sp³-hybridized carbons (Fsp3) is 0.316. The van der Waals surface area contributed by atoms with Gasteiger partial charge in [-0.05, 0) is 11.1 Å². The summed E-state index contributed by atoms with van der Waals surface area (Å²) in [4.78, 5) is 13.1. The van der Waals surface area contributed by atoms with E-state index < -0.39 is 5.79 Å². The average molecular weight is 294 g/mol. The molecule has 112 valence electrons. The van der Waals surface area contributed by atoms with Gasteiger partial charge in [-0.2, -0.15) is 0 Å². The molecule has 1 fully saturated rings. The molecule has 0 bridgehead atoms. The van der Waals surface area contributed by atoms with E-state index in [1.165, 1.54) is 0 Å². The highest BCUT2D eigenvalue weighted by Crippen LogP contribution is 2.47. The van der Waals surface area contributed by atoms with Crippen LogP contribution in [0.1, 0.15) is 29.8 Å². The van der Waals surface area contributed by atoms with Gasteiger partial charge in [-0.1, -0.05) is 62.4 Å². The molecule has 1 spiro atoms. The fourth-order valence-corrected chi connectivity index (χ4v) is 3.18. The van der Waals surface area contributed by atoms with Gasteiger partial charge in [-0.15, -0.1) is 0 Å². The standard InChI is InChI=1S/C19H18O3/c1-18(2)11-21-19(22-12-18)16-10-6-5-8-14(16)13-7-3-4-9-15(13)17(19)20/h3-10H,11-12H2,1-2H3. The highest BCUT2D eigenvalue weighted by atomic mass is 16.7. The SMILES string of the molecule is CC1(C)COC2(OC1)C(=O)c1ccccc1-c1ccccc12. The molecule has 0 amide bonds. The third kappa shape index (κ3) is 1.79. The number of Topliss-reactive ketones (excluding diaryl/α,β-unsaturated/α-hetero) is 1. The van der Waals surface area contributed by atoms with Crippen LogP contribution in [0.15, 0.2) is 48.5 Å². The van der Waals surface area contributed by atoms with Crippen LogP contribution < -0.4 is 0 Å². The quantitative estimate of drug-likeness (QED) is 0.742. The van der Waals surface area contributed by atoms with Crippen LogP contribution in [-0.4, -0.2) is 19.0 Å². The number of ether oxygens (including phenoxy) is 2. The maximum absolute atomic E-state index is 13.1. The van der Waals surface area contributed by atoms with Crippen LogP contribution in [0.3, 0.4) is 0 Å². The van der Waals surface area contributed by atoms with E-state index >= 15 is 0 Å². The molecule has 1 aliphatic heterocycles. The predicted octanol–water partition coefficient (Wildman–Crippen LogP) is 3.78. The summed E-state index contributed by atoms with van der Waals surface area (Å²) < 4.78 is 12.1. The number of hydrogen-bond donors (Lipinski definition) is 0. The van der Waals surface area contributed by atoms with E-state index in [0.29, 0.717) is 18.8 Å². The number of carbonyl (C=O) groups excluding carboxylic acids is 1. The molecule has 2 aromatic rings. The molecule has 2 aliphatic rings. The van der Waals surface area contributed by atoms with Crippen molar-refractivity contribution in [1.29, 1.82) is 0 Å². The number of hydrogen-bond acceptors (Lipinski definition) is 3. The van der Waals surface area contributed by atoms with Gasteiger partial charge < -0.3 is 9.47 Å². The van der Waals surface area contributed by atoms with Crippen LogP contribution in [0.5, 0.6) is 0 Å². The van der Waals surface area contributed by atoms with Crippen molar-refractivity contribution in [3.63, 3.8) is 0 Å². The van der Waals surface area contributed by atoms with Gasteiger partial charge in [0.15, 0.2) is 0 Å². The van der Waals surface area contributed by atoms with Gasteiger partial charge in [-0.3, -0.25) is 4.79 Å². The lowest BCUT2D eigenvalue weighted by molar-refractivity contribution is -0.275. The summed E-state index contributed by atoms with van der Waals surface area (Å²) in [6.07, 6.45) is 0. The van der Waals surface area contributed by atoms with Gasteiger partial charge in [0.05, 0.1) is 13.2 Å². The Morgan fingerprint density at radius 2 is 1.36 bits per heavy atom. The minimum Gasteiger partial charge on any atom is -0.339 e. The summed E-state index contributed by atoms with van der Waals surface area (Å²) in [5.41, 5.74) is 3.36. The Kier molecular flexibility index (Phi) is 2.80.